The summed E-state index contributed by atoms with van der Waals surface area (Å²) in [6.45, 7) is 0.264. The number of amides is 1. The van der Waals surface area contributed by atoms with E-state index < -0.39 is 11.7 Å². The molecule has 90 valence electrons. The Morgan fingerprint density at radius 3 is 2.89 bits per heavy atom. The summed E-state index contributed by atoms with van der Waals surface area (Å²) in [5.74, 6) is -1.05. The van der Waals surface area contributed by atoms with Gasteiger partial charge in [0.05, 0.1) is 29.9 Å². The second kappa shape index (κ2) is 4.67. The number of carbonyl (C=O) groups excluding carboxylic acids is 1. The Kier molecular flexibility index (Phi) is 3.06. The normalized spacial score (nSPS) is 10.0. The fourth-order valence-electron chi connectivity index (χ4n) is 1.57. The maximum absolute atomic E-state index is 13.2. The summed E-state index contributed by atoms with van der Waals surface area (Å²) in [6, 6.07) is 5.90. The molecule has 18 heavy (non-hydrogen) atoms. The van der Waals surface area contributed by atoms with Crippen LogP contribution >= 0.6 is 0 Å². The predicted molar refractivity (Wildman–Crippen MR) is 61.0 cm³/mol. The van der Waals surface area contributed by atoms with Crippen molar-refractivity contribution in [3.05, 3.63) is 53.1 Å². The second-order valence-electron chi connectivity index (χ2n) is 3.75. The molecule has 0 aliphatic heterocycles. The van der Waals surface area contributed by atoms with Crippen LogP contribution in [0, 0.1) is 17.1 Å². The number of halogens is 1. The molecular weight excluding hydrogens is 235 g/mol. The van der Waals surface area contributed by atoms with Gasteiger partial charge in [-0.15, -0.1) is 0 Å². The zero-order valence-corrected chi connectivity index (χ0v) is 9.30. The first-order valence-corrected chi connectivity index (χ1v) is 5.10. The van der Waals surface area contributed by atoms with Crippen molar-refractivity contribution in [2.45, 2.75) is 6.54 Å². The Hall–Kier alpha value is -2.68. The number of primary amides is 1. The molecule has 2 N–H and O–H groups in total. The highest BCUT2D eigenvalue weighted by Crippen LogP contribution is 2.10. The molecule has 1 heterocycles. The Balaban J connectivity index is 2.25. The van der Waals surface area contributed by atoms with E-state index >= 15 is 0 Å². The van der Waals surface area contributed by atoms with Crippen molar-refractivity contribution in [1.29, 1.82) is 5.26 Å². The fourth-order valence-corrected chi connectivity index (χ4v) is 1.57. The van der Waals surface area contributed by atoms with Gasteiger partial charge in [0.1, 0.15) is 5.82 Å². The van der Waals surface area contributed by atoms with Crippen LogP contribution in [0.4, 0.5) is 4.39 Å². The van der Waals surface area contributed by atoms with Crippen molar-refractivity contribution in [2.75, 3.05) is 0 Å². The average molecular weight is 244 g/mol. The molecule has 0 saturated heterocycles. The smallest absolute Gasteiger partial charge is 0.251 e. The first kappa shape index (κ1) is 11.8. The molecule has 0 atom stereocenters. The highest BCUT2D eigenvalue weighted by molar-refractivity contribution is 5.92. The quantitative estimate of drug-likeness (QED) is 0.875. The second-order valence-corrected chi connectivity index (χ2v) is 3.75. The lowest BCUT2D eigenvalue weighted by molar-refractivity contribution is 0.1000. The van der Waals surface area contributed by atoms with Gasteiger partial charge in [-0.1, -0.05) is 0 Å². The molecule has 2 aromatic rings. The van der Waals surface area contributed by atoms with Crippen LogP contribution in [0.15, 0.2) is 30.6 Å². The van der Waals surface area contributed by atoms with Crippen molar-refractivity contribution in [1.82, 2.24) is 9.78 Å². The zero-order valence-electron chi connectivity index (χ0n) is 9.30. The van der Waals surface area contributed by atoms with Gasteiger partial charge in [0.25, 0.3) is 5.91 Å². The lowest BCUT2D eigenvalue weighted by Crippen LogP contribution is -2.09. The van der Waals surface area contributed by atoms with E-state index in [0.717, 1.165) is 6.07 Å². The summed E-state index contributed by atoms with van der Waals surface area (Å²) in [5.41, 5.74) is 6.21. The van der Waals surface area contributed by atoms with E-state index in [9.17, 15) is 9.18 Å². The van der Waals surface area contributed by atoms with Crippen molar-refractivity contribution >= 4 is 5.91 Å². The Labute approximate surface area is 102 Å². The highest BCUT2D eigenvalue weighted by Gasteiger charge is 2.06. The molecule has 0 unspecified atom stereocenters. The highest BCUT2D eigenvalue weighted by atomic mass is 19.1. The van der Waals surface area contributed by atoms with Gasteiger partial charge >= 0.3 is 0 Å². The lowest BCUT2D eigenvalue weighted by atomic mass is 10.1. The van der Waals surface area contributed by atoms with Crippen LogP contribution in [-0.2, 0) is 6.54 Å². The van der Waals surface area contributed by atoms with Crippen LogP contribution in [0.3, 0.4) is 0 Å². The van der Waals surface area contributed by atoms with Crippen molar-refractivity contribution in [3.8, 4) is 6.07 Å². The van der Waals surface area contributed by atoms with Crippen LogP contribution in [0.1, 0.15) is 21.5 Å². The molecule has 0 aliphatic rings. The molecule has 1 aromatic carbocycles. The monoisotopic (exact) mass is 244 g/mol. The molecule has 1 amide bonds. The van der Waals surface area contributed by atoms with Gasteiger partial charge in [-0.05, 0) is 23.8 Å². The van der Waals surface area contributed by atoms with Gasteiger partial charge in [-0.25, -0.2) is 4.39 Å². The van der Waals surface area contributed by atoms with E-state index in [1.165, 1.54) is 23.1 Å². The van der Waals surface area contributed by atoms with E-state index in [1.807, 2.05) is 6.07 Å². The van der Waals surface area contributed by atoms with Crippen LogP contribution in [0.5, 0.6) is 0 Å². The molecule has 0 saturated carbocycles. The summed E-state index contributed by atoms with van der Waals surface area (Å²) in [7, 11) is 0. The van der Waals surface area contributed by atoms with E-state index in [0.29, 0.717) is 5.56 Å². The minimum absolute atomic E-state index is 0.243. The van der Waals surface area contributed by atoms with Gasteiger partial charge in [0.2, 0.25) is 0 Å². The third-order valence-corrected chi connectivity index (χ3v) is 2.35. The number of nitrogens with two attached hydrogens (primary N) is 1. The molecule has 0 bridgehead atoms. The van der Waals surface area contributed by atoms with Crippen LogP contribution in [0.25, 0.3) is 0 Å². The first-order chi connectivity index (χ1) is 8.58. The third-order valence-electron chi connectivity index (χ3n) is 2.35. The molecule has 0 radical (unpaired) electrons. The number of carbonyl (C=O) groups is 1. The fraction of sp³-hybridized carbons (Fsp3) is 0.0833. The molecule has 0 fully saturated rings. The van der Waals surface area contributed by atoms with E-state index in [1.54, 1.807) is 6.07 Å². The summed E-state index contributed by atoms with van der Waals surface area (Å²) in [4.78, 5) is 10.9. The van der Waals surface area contributed by atoms with Crippen LogP contribution in [0.2, 0.25) is 0 Å². The summed E-state index contributed by atoms with van der Waals surface area (Å²) in [5, 5.41) is 12.7. The van der Waals surface area contributed by atoms with Gasteiger partial charge in [-0.3, -0.25) is 9.48 Å². The van der Waals surface area contributed by atoms with Gasteiger partial charge in [0.15, 0.2) is 0 Å². The summed E-state index contributed by atoms with van der Waals surface area (Å²) < 4.78 is 14.7. The number of nitrogens with zero attached hydrogens (tertiary/aromatic N) is 3. The number of hydrogen-bond donors (Lipinski definition) is 1. The van der Waals surface area contributed by atoms with Crippen LogP contribution < -0.4 is 5.73 Å². The zero-order chi connectivity index (χ0) is 13.1. The standard InChI is InChI=1S/C12H9FN4O/c13-11-2-8(4-14)1-9(3-11)6-17-7-10(5-16-17)12(15)18/h1-3,5,7H,6H2,(H2,15,18). The Bertz CT molecular complexity index is 642. The number of aromatic nitrogens is 2. The van der Waals surface area contributed by atoms with Gasteiger partial charge in [0, 0.05) is 6.20 Å². The Morgan fingerprint density at radius 1 is 1.50 bits per heavy atom. The number of nitriles is 1. The Morgan fingerprint density at radius 2 is 2.28 bits per heavy atom. The molecule has 2 rings (SSSR count). The van der Waals surface area contributed by atoms with Crippen molar-refractivity contribution in [3.63, 3.8) is 0 Å². The third kappa shape index (κ3) is 2.52. The SMILES string of the molecule is N#Cc1cc(F)cc(Cn2cc(C(N)=O)cn2)c1. The minimum Gasteiger partial charge on any atom is -0.366 e. The molecular formula is C12H9FN4O. The molecule has 0 aliphatic carbocycles. The first-order valence-electron chi connectivity index (χ1n) is 5.10. The molecule has 1 aromatic heterocycles. The maximum Gasteiger partial charge on any atom is 0.251 e. The summed E-state index contributed by atoms with van der Waals surface area (Å²) in [6.07, 6.45) is 2.81. The topological polar surface area (TPSA) is 84.7 Å². The summed E-state index contributed by atoms with van der Waals surface area (Å²) >= 11 is 0. The number of benzene rings is 1. The molecule has 0 spiro atoms. The lowest BCUT2D eigenvalue weighted by Gasteiger charge is -2.02. The average Bonchev–Trinajstić information content (AvgIpc) is 2.76. The maximum atomic E-state index is 13.2. The van der Waals surface area contributed by atoms with E-state index in [-0.39, 0.29) is 17.7 Å². The molecule has 5 nitrogen and oxygen atoms in total. The molecule has 6 heteroatoms. The largest absolute Gasteiger partial charge is 0.366 e. The van der Waals surface area contributed by atoms with E-state index in [2.05, 4.69) is 5.10 Å². The van der Waals surface area contributed by atoms with Crippen LogP contribution in [-0.4, -0.2) is 15.7 Å². The van der Waals surface area contributed by atoms with Crippen molar-refractivity contribution < 1.29 is 9.18 Å². The van der Waals surface area contributed by atoms with Gasteiger partial charge < -0.3 is 5.73 Å². The van der Waals surface area contributed by atoms with E-state index in [4.69, 9.17) is 11.0 Å². The predicted octanol–water partition coefficient (Wildman–Crippen LogP) is 1.04. The van der Waals surface area contributed by atoms with Crippen molar-refractivity contribution in [2.24, 2.45) is 5.73 Å². The number of rotatable bonds is 3. The number of hydrogen-bond acceptors (Lipinski definition) is 3. The van der Waals surface area contributed by atoms with Gasteiger partial charge in [-0.2, -0.15) is 10.4 Å². The minimum atomic E-state index is -0.571.